The molecule has 3 aromatic carbocycles. The van der Waals surface area contributed by atoms with Crippen molar-refractivity contribution in [3.63, 3.8) is 0 Å². The van der Waals surface area contributed by atoms with E-state index in [0.717, 1.165) is 28.3 Å². The SMILES string of the molecule is CC(=C1C(=O)N(c2cc(C)cc(C)c2)c2cc(C(F)(F)F)ccc21)N(N)C(=O)c1ccc(N)cc1. The summed E-state index contributed by atoms with van der Waals surface area (Å²) in [5.74, 6) is 4.93. The smallest absolute Gasteiger partial charge is 0.399 e. The lowest BCUT2D eigenvalue weighted by atomic mass is 10.0. The first-order chi connectivity index (χ1) is 16.4. The number of anilines is 3. The molecule has 0 aliphatic carbocycles. The first-order valence-electron chi connectivity index (χ1n) is 10.7. The van der Waals surface area contributed by atoms with Crippen LogP contribution in [0, 0.1) is 13.8 Å². The first kappa shape index (κ1) is 24.0. The summed E-state index contributed by atoms with van der Waals surface area (Å²) in [6, 6.07) is 14.5. The number of carbonyl (C=O) groups excluding carboxylic acids is 2. The molecule has 1 heterocycles. The predicted molar refractivity (Wildman–Crippen MR) is 128 cm³/mol. The number of benzene rings is 3. The van der Waals surface area contributed by atoms with E-state index < -0.39 is 23.6 Å². The zero-order valence-corrected chi connectivity index (χ0v) is 19.3. The molecule has 1 aliphatic rings. The van der Waals surface area contributed by atoms with Gasteiger partial charge in [-0.05, 0) is 80.4 Å². The van der Waals surface area contributed by atoms with Crippen molar-refractivity contribution < 1.29 is 22.8 Å². The molecule has 0 radical (unpaired) electrons. The molecule has 0 aromatic heterocycles. The zero-order valence-electron chi connectivity index (χ0n) is 19.3. The molecule has 0 fully saturated rings. The maximum atomic E-state index is 13.7. The third kappa shape index (κ3) is 4.38. The minimum atomic E-state index is -4.60. The maximum Gasteiger partial charge on any atom is 0.416 e. The number of nitrogen functional groups attached to an aromatic ring is 1. The van der Waals surface area contributed by atoms with Crippen molar-refractivity contribution in [1.29, 1.82) is 0 Å². The number of halogens is 3. The molecule has 0 spiro atoms. The minimum absolute atomic E-state index is 0.0409. The normalized spacial score (nSPS) is 14.7. The molecule has 0 unspecified atom stereocenters. The van der Waals surface area contributed by atoms with Gasteiger partial charge in [-0.15, -0.1) is 0 Å². The van der Waals surface area contributed by atoms with E-state index in [1.807, 2.05) is 19.9 Å². The Hall–Kier alpha value is -4.11. The zero-order chi connectivity index (χ0) is 25.7. The molecule has 0 saturated heterocycles. The highest BCUT2D eigenvalue weighted by Gasteiger charge is 2.39. The third-order valence-corrected chi connectivity index (χ3v) is 5.82. The van der Waals surface area contributed by atoms with Crippen LogP contribution < -0.4 is 16.5 Å². The second kappa shape index (κ2) is 8.59. The molecule has 4 rings (SSSR count). The summed E-state index contributed by atoms with van der Waals surface area (Å²) in [5, 5.41) is 0.825. The minimum Gasteiger partial charge on any atom is -0.399 e. The van der Waals surface area contributed by atoms with Gasteiger partial charge in [0.15, 0.2) is 0 Å². The largest absolute Gasteiger partial charge is 0.416 e. The third-order valence-electron chi connectivity index (χ3n) is 5.82. The van der Waals surface area contributed by atoms with Gasteiger partial charge in [0.2, 0.25) is 0 Å². The van der Waals surface area contributed by atoms with E-state index in [1.165, 1.54) is 30.0 Å². The van der Waals surface area contributed by atoms with Gasteiger partial charge in [0.25, 0.3) is 11.8 Å². The quantitative estimate of drug-likeness (QED) is 0.174. The lowest BCUT2D eigenvalue weighted by molar-refractivity contribution is -0.137. The van der Waals surface area contributed by atoms with Crippen LogP contribution in [0.5, 0.6) is 0 Å². The van der Waals surface area contributed by atoms with Crippen LogP contribution in [0.15, 0.2) is 66.4 Å². The van der Waals surface area contributed by atoms with E-state index in [-0.39, 0.29) is 28.1 Å². The number of aryl methyl sites for hydroxylation is 2. The predicted octanol–water partition coefficient (Wildman–Crippen LogP) is 5.33. The van der Waals surface area contributed by atoms with E-state index in [9.17, 15) is 22.8 Å². The molecule has 35 heavy (non-hydrogen) atoms. The Kier molecular flexibility index (Phi) is 5.90. The van der Waals surface area contributed by atoms with Gasteiger partial charge in [-0.3, -0.25) is 14.5 Å². The second-order valence-electron chi connectivity index (χ2n) is 8.47. The Bertz CT molecular complexity index is 1360. The monoisotopic (exact) mass is 480 g/mol. The number of hydrogen-bond donors (Lipinski definition) is 2. The van der Waals surface area contributed by atoms with Gasteiger partial charge in [-0.1, -0.05) is 12.1 Å². The first-order valence-corrected chi connectivity index (χ1v) is 10.7. The Morgan fingerprint density at radius 1 is 0.943 bits per heavy atom. The number of rotatable bonds is 3. The highest BCUT2D eigenvalue weighted by atomic mass is 19.4. The Balaban J connectivity index is 1.88. The average molecular weight is 480 g/mol. The standard InChI is InChI=1S/C26H23F3N4O2/c1-14-10-15(2)12-20(11-14)32-22-13-18(26(27,28)29)6-9-21(22)23(25(32)35)16(3)33(31)24(34)17-4-7-19(30)8-5-17/h4-13H,30-31H2,1-3H3. The lowest BCUT2D eigenvalue weighted by Crippen LogP contribution is -2.37. The number of allylic oxidation sites excluding steroid dienone is 1. The molecule has 2 amide bonds. The molecule has 0 bridgehead atoms. The van der Waals surface area contributed by atoms with Crippen LogP contribution in [0.2, 0.25) is 0 Å². The number of hydrogen-bond acceptors (Lipinski definition) is 4. The van der Waals surface area contributed by atoms with Gasteiger partial charge in [0.1, 0.15) is 0 Å². The Morgan fingerprint density at radius 3 is 2.11 bits per heavy atom. The highest BCUT2D eigenvalue weighted by molar-refractivity contribution is 6.35. The Labute approximate surface area is 200 Å². The lowest BCUT2D eigenvalue weighted by Gasteiger charge is -2.21. The van der Waals surface area contributed by atoms with Crippen LogP contribution in [0.3, 0.4) is 0 Å². The van der Waals surface area contributed by atoms with Gasteiger partial charge in [0.05, 0.1) is 16.8 Å². The summed E-state index contributed by atoms with van der Waals surface area (Å²) < 4.78 is 40.6. The molecule has 3 aromatic rings. The fourth-order valence-electron chi connectivity index (χ4n) is 4.16. The summed E-state index contributed by atoms with van der Waals surface area (Å²) in [6.07, 6.45) is -4.60. The van der Waals surface area contributed by atoms with Gasteiger partial charge < -0.3 is 5.73 Å². The van der Waals surface area contributed by atoms with Crippen molar-refractivity contribution >= 4 is 34.4 Å². The summed E-state index contributed by atoms with van der Waals surface area (Å²) in [6.45, 7) is 5.15. The summed E-state index contributed by atoms with van der Waals surface area (Å²) in [5.41, 5.74) is 8.05. The van der Waals surface area contributed by atoms with Crippen molar-refractivity contribution in [2.24, 2.45) is 5.84 Å². The molecule has 6 nitrogen and oxygen atoms in total. The number of amides is 2. The van der Waals surface area contributed by atoms with Gasteiger partial charge >= 0.3 is 6.18 Å². The van der Waals surface area contributed by atoms with Crippen LogP contribution in [-0.4, -0.2) is 16.8 Å². The summed E-state index contributed by atoms with van der Waals surface area (Å²) in [4.78, 5) is 27.9. The van der Waals surface area contributed by atoms with Crippen molar-refractivity contribution in [1.82, 2.24) is 5.01 Å². The van der Waals surface area contributed by atoms with Crippen LogP contribution in [-0.2, 0) is 11.0 Å². The number of nitrogens with two attached hydrogens (primary N) is 2. The van der Waals surface area contributed by atoms with Crippen LogP contribution in [0.25, 0.3) is 5.57 Å². The van der Waals surface area contributed by atoms with E-state index in [4.69, 9.17) is 11.6 Å². The van der Waals surface area contributed by atoms with Crippen LogP contribution >= 0.6 is 0 Å². The van der Waals surface area contributed by atoms with Gasteiger partial charge in [-0.25, -0.2) is 10.9 Å². The van der Waals surface area contributed by atoms with E-state index in [2.05, 4.69) is 0 Å². The van der Waals surface area contributed by atoms with E-state index in [0.29, 0.717) is 11.4 Å². The van der Waals surface area contributed by atoms with Gasteiger partial charge in [-0.2, -0.15) is 13.2 Å². The number of fused-ring (bicyclic) bond motifs is 1. The number of hydrazine groups is 1. The highest BCUT2D eigenvalue weighted by Crippen LogP contribution is 2.46. The maximum absolute atomic E-state index is 13.7. The van der Waals surface area contributed by atoms with E-state index in [1.54, 1.807) is 24.3 Å². The molecule has 4 N–H and O–H groups in total. The Morgan fingerprint density at radius 2 is 1.54 bits per heavy atom. The molecule has 0 saturated carbocycles. The summed E-state index contributed by atoms with van der Waals surface area (Å²) in [7, 11) is 0. The van der Waals surface area contributed by atoms with Crippen molar-refractivity contribution in [2.45, 2.75) is 26.9 Å². The van der Waals surface area contributed by atoms with Crippen molar-refractivity contribution in [3.05, 3.63) is 94.2 Å². The fourth-order valence-corrected chi connectivity index (χ4v) is 4.16. The molecule has 180 valence electrons. The average Bonchev–Trinajstić information content (AvgIpc) is 3.07. The van der Waals surface area contributed by atoms with Crippen molar-refractivity contribution in [3.8, 4) is 0 Å². The second-order valence-corrected chi connectivity index (χ2v) is 8.47. The number of nitrogens with zero attached hydrogens (tertiary/aromatic N) is 2. The molecular weight excluding hydrogens is 457 g/mol. The number of carbonyl (C=O) groups is 2. The topological polar surface area (TPSA) is 92.7 Å². The molecule has 0 atom stereocenters. The number of alkyl halides is 3. The molecular formula is C26H23F3N4O2. The fraction of sp³-hybridized carbons (Fsp3) is 0.154. The van der Waals surface area contributed by atoms with Crippen LogP contribution in [0.4, 0.5) is 30.2 Å². The van der Waals surface area contributed by atoms with Crippen molar-refractivity contribution in [2.75, 3.05) is 10.6 Å². The van der Waals surface area contributed by atoms with Crippen LogP contribution in [0.1, 0.15) is 39.5 Å². The molecule has 9 heteroatoms. The molecule has 1 aliphatic heterocycles. The van der Waals surface area contributed by atoms with Gasteiger partial charge in [0, 0.05) is 28.2 Å². The van der Waals surface area contributed by atoms with E-state index >= 15 is 0 Å². The summed E-state index contributed by atoms with van der Waals surface area (Å²) >= 11 is 0.